The lowest BCUT2D eigenvalue weighted by molar-refractivity contribution is -0.122. The first-order valence-corrected chi connectivity index (χ1v) is 9.29. The summed E-state index contributed by atoms with van der Waals surface area (Å²) in [5, 5.41) is 5.19. The molecule has 1 aromatic heterocycles. The first-order chi connectivity index (χ1) is 11.3. The highest BCUT2D eigenvalue weighted by molar-refractivity contribution is 7.10. The first-order valence-electron chi connectivity index (χ1n) is 8.41. The maximum atomic E-state index is 12.2. The second-order valence-corrected chi connectivity index (χ2v) is 7.06. The number of thiophene rings is 1. The van der Waals surface area contributed by atoms with Crippen molar-refractivity contribution in [1.82, 2.24) is 10.2 Å². The number of aryl methyl sites for hydroxylation is 1. The Morgan fingerprint density at radius 3 is 2.87 bits per heavy atom. The molecule has 122 valence electrons. The number of carbonyl (C=O) groups is 1. The van der Waals surface area contributed by atoms with E-state index < -0.39 is 0 Å². The van der Waals surface area contributed by atoms with Crippen molar-refractivity contribution in [2.45, 2.75) is 31.7 Å². The number of hydrogen-bond acceptors (Lipinski definition) is 3. The minimum atomic E-state index is 0.154. The van der Waals surface area contributed by atoms with Crippen LogP contribution >= 0.6 is 11.3 Å². The molecule has 1 atom stereocenters. The molecule has 1 unspecified atom stereocenters. The average molecular weight is 328 g/mol. The fraction of sp³-hybridized carbons (Fsp3) is 0.421. The summed E-state index contributed by atoms with van der Waals surface area (Å²) in [4.78, 5) is 15.9. The molecular formula is C19H24N2OS. The normalized spacial score (nSPS) is 18.2. The van der Waals surface area contributed by atoms with Gasteiger partial charge < -0.3 is 5.32 Å². The summed E-state index contributed by atoms with van der Waals surface area (Å²) in [5.74, 6) is 0.154. The molecule has 3 nitrogen and oxygen atoms in total. The summed E-state index contributed by atoms with van der Waals surface area (Å²) in [6.07, 6.45) is 4.36. The molecule has 1 aliphatic rings. The quantitative estimate of drug-likeness (QED) is 0.787. The van der Waals surface area contributed by atoms with E-state index in [1.165, 1.54) is 23.3 Å². The van der Waals surface area contributed by atoms with Crippen molar-refractivity contribution in [2.24, 2.45) is 0 Å². The molecule has 0 bridgehead atoms. The van der Waals surface area contributed by atoms with Crippen LogP contribution in [0.15, 0.2) is 47.8 Å². The molecule has 0 radical (unpaired) electrons. The fourth-order valence-electron chi connectivity index (χ4n) is 3.22. The van der Waals surface area contributed by atoms with Crippen LogP contribution < -0.4 is 5.32 Å². The van der Waals surface area contributed by atoms with Crippen LogP contribution in [0.1, 0.15) is 35.7 Å². The van der Waals surface area contributed by atoms with Crippen LogP contribution in [0.25, 0.3) is 0 Å². The molecule has 3 rings (SSSR count). The number of amides is 1. The molecule has 1 N–H and O–H groups in total. The molecule has 2 aromatic rings. The Balaban J connectivity index is 1.39. The smallest absolute Gasteiger partial charge is 0.234 e. The van der Waals surface area contributed by atoms with E-state index in [-0.39, 0.29) is 5.91 Å². The molecule has 2 heterocycles. The predicted octanol–water partition coefficient (Wildman–Crippen LogP) is 3.63. The molecule has 0 aliphatic carbocycles. The van der Waals surface area contributed by atoms with Gasteiger partial charge in [0.15, 0.2) is 0 Å². The lowest BCUT2D eigenvalue weighted by Gasteiger charge is -2.22. The maximum Gasteiger partial charge on any atom is 0.234 e. The van der Waals surface area contributed by atoms with E-state index in [2.05, 4.69) is 52.0 Å². The Kier molecular flexibility index (Phi) is 5.83. The third-order valence-electron chi connectivity index (χ3n) is 4.39. The Hall–Kier alpha value is -1.65. The Labute approximate surface area is 142 Å². The summed E-state index contributed by atoms with van der Waals surface area (Å²) >= 11 is 1.80. The van der Waals surface area contributed by atoms with Gasteiger partial charge in [-0.15, -0.1) is 11.3 Å². The number of likely N-dealkylation sites (tertiary alicyclic amines) is 1. The van der Waals surface area contributed by atoms with Gasteiger partial charge in [0, 0.05) is 17.5 Å². The minimum absolute atomic E-state index is 0.154. The SMILES string of the molecule is O=C(CN1CCCC1c1cccs1)NCCCc1ccccc1. The largest absolute Gasteiger partial charge is 0.355 e. The zero-order valence-electron chi connectivity index (χ0n) is 13.4. The van der Waals surface area contributed by atoms with Crippen LogP contribution in [-0.2, 0) is 11.2 Å². The minimum Gasteiger partial charge on any atom is -0.355 e. The molecule has 23 heavy (non-hydrogen) atoms. The zero-order valence-corrected chi connectivity index (χ0v) is 14.2. The molecule has 1 fully saturated rings. The molecule has 0 saturated carbocycles. The van der Waals surface area contributed by atoms with Crippen LogP contribution in [0.4, 0.5) is 0 Å². The molecule has 1 saturated heterocycles. The van der Waals surface area contributed by atoms with E-state index in [0.717, 1.165) is 25.9 Å². The highest BCUT2D eigenvalue weighted by Crippen LogP contribution is 2.33. The van der Waals surface area contributed by atoms with Crippen molar-refractivity contribution < 1.29 is 4.79 Å². The van der Waals surface area contributed by atoms with Crippen LogP contribution in [-0.4, -0.2) is 30.4 Å². The van der Waals surface area contributed by atoms with Gasteiger partial charge in [0.2, 0.25) is 5.91 Å². The first kappa shape index (κ1) is 16.2. The van der Waals surface area contributed by atoms with Gasteiger partial charge in [0.05, 0.1) is 6.54 Å². The molecule has 0 spiro atoms. The number of carbonyl (C=O) groups excluding carboxylic acids is 1. The average Bonchev–Trinajstić information content (AvgIpc) is 3.23. The van der Waals surface area contributed by atoms with Gasteiger partial charge in [-0.2, -0.15) is 0 Å². The van der Waals surface area contributed by atoms with E-state index in [1.807, 2.05) is 6.07 Å². The van der Waals surface area contributed by atoms with Gasteiger partial charge in [0.1, 0.15) is 0 Å². The summed E-state index contributed by atoms with van der Waals surface area (Å²) in [5.41, 5.74) is 1.33. The second kappa shape index (κ2) is 8.27. The van der Waals surface area contributed by atoms with Gasteiger partial charge in [-0.25, -0.2) is 0 Å². The van der Waals surface area contributed by atoms with Gasteiger partial charge in [-0.05, 0) is 49.2 Å². The van der Waals surface area contributed by atoms with Crippen LogP contribution in [0.3, 0.4) is 0 Å². The monoisotopic (exact) mass is 328 g/mol. The van der Waals surface area contributed by atoms with Crippen molar-refractivity contribution in [3.63, 3.8) is 0 Å². The summed E-state index contributed by atoms with van der Waals surface area (Å²) in [6, 6.07) is 15.1. The fourth-order valence-corrected chi connectivity index (χ4v) is 4.12. The van der Waals surface area contributed by atoms with E-state index in [4.69, 9.17) is 0 Å². The Morgan fingerprint density at radius 2 is 2.09 bits per heavy atom. The number of nitrogens with zero attached hydrogens (tertiary/aromatic N) is 1. The molecule has 1 aliphatic heterocycles. The standard InChI is InChI=1S/C19H24N2OS/c22-19(20-12-4-9-16-7-2-1-3-8-16)15-21-13-5-10-17(21)18-11-6-14-23-18/h1-3,6-8,11,14,17H,4-5,9-10,12-13,15H2,(H,20,22). The lowest BCUT2D eigenvalue weighted by Crippen LogP contribution is -2.37. The molecule has 4 heteroatoms. The van der Waals surface area contributed by atoms with E-state index in [9.17, 15) is 4.79 Å². The summed E-state index contributed by atoms with van der Waals surface area (Å²) < 4.78 is 0. The Morgan fingerprint density at radius 1 is 1.22 bits per heavy atom. The van der Waals surface area contributed by atoms with E-state index in [1.54, 1.807) is 11.3 Å². The van der Waals surface area contributed by atoms with Crippen LogP contribution in [0.5, 0.6) is 0 Å². The van der Waals surface area contributed by atoms with Crippen molar-refractivity contribution in [2.75, 3.05) is 19.6 Å². The number of hydrogen-bond donors (Lipinski definition) is 1. The summed E-state index contributed by atoms with van der Waals surface area (Å²) in [7, 11) is 0. The third kappa shape index (κ3) is 4.66. The highest BCUT2D eigenvalue weighted by atomic mass is 32.1. The van der Waals surface area contributed by atoms with Gasteiger partial charge in [-0.3, -0.25) is 9.69 Å². The van der Waals surface area contributed by atoms with Gasteiger partial charge >= 0.3 is 0 Å². The Bertz CT molecular complexity index is 597. The van der Waals surface area contributed by atoms with Crippen LogP contribution in [0, 0.1) is 0 Å². The summed E-state index contributed by atoms with van der Waals surface area (Å²) in [6.45, 7) is 2.30. The van der Waals surface area contributed by atoms with Gasteiger partial charge in [-0.1, -0.05) is 36.4 Å². The predicted molar refractivity (Wildman–Crippen MR) is 95.6 cm³/mol. The highest BCUT2D eigenvalue weighted by Gasteiger charge is 2.27. The van der Waals surface area contributed by atoms with Crippen molar-refractivity contribution in [1.29, 1.82) is 0 Å². The molecule has 1 aromatic carbocycles. The molecular weight excluding hydrogens is 304 g/mol. The van der Waals surface area contributed by atoms with Crippen molar-refractivity contribution >= 4 is 17.2 Å². The van der Waals surface area contributed by atoms with E-state index >= 15 is 0 Å². The van der Waals surface area contributed by atoms with Crippen molar-refractivity contribution in [3.05, 3.63) is 58.3 Å². The van der Waals surface area contributed by atoms with E-state index in [0.29, 0.717) is 12.6 Å². The lowest BCUT2D eigenvalue weighted by atomic mass is 10.1. The number of rotatable bonds is 7. The molecule has 1 amide bonds. The number of nitrogens with one attached hydrogen (secondary N) is 1. The third-order valence-corrected chi connectivity index (χ3v) is 5.36. The maximum absolute atomic E-state index is 12.2. The zero-order chi connectivity index (χ0) is 15.9. The van der Waals surface area contributed by atoms with Crippen molar-refractivity contribution in [3.8, 4) is 0 Å². The van der Waals surface area contributed by atoms with Crippen LogP contribution in [0.2, 0.25) is 0 Å². The number of benzene rings is 1. The topological polar surface area (TPSA) is 32.3 Å². The second-order valence-electron chi connectivity index (χ2n) is 6.08. The van der Waals surface area contributed by atoms with Gasteiger partial charge in [0.25, 0.3) is 0 Å².